The number of unbranched alkanes of at least 4 members (excludes halogenated alkanes) is 2. The third-order valence-corrected chi connectivity index (χ3v) is 2.49. The SMILES string of the molecule is CCOc1cccc(C=O)c1OCCCCCO. The van der Waals surface area contributed by atoms with Crippen molar-refractivity contribution in [2.24, 2.45) is 0 Å². The summed E-state index contributed by atoms with van der Waals surface area (Å²) in [4.78, 5) is 11.0. The molecule has 1 aromatic rings. The Bertz CT molecular complexity index is 363. The molecule has 100 valence electrons. The fourth-order valence-electron chi connectivity index (χ4n) is 1.61. The molecule has 18 heavy (non-hydrogen) atoms. The maximum Gasteiger partial charge on any atom is 0.171 e. The lowest BCUT2D eigenvalue weighted by Gasteiger charge is -2.13. The second-order valence-corrected chi connectivity index (χ2v) is 3.86. The summed E-state index contributed by atoms with van der Waals surface area (Å²) in [5.74, 6) is 1.11. The molecule has 0 bridgehead atoms. The van der Waals surface area contributed by atoms with Crippen LogP contribution in [0.15, 0.2) is 18.2 Å². The van der Waals surface area contributed by atoms with Gasteiger partial charge >= 0.3 is 0 Å². The molecule has 0 aromatic heterocycles. The lowest BCUT2D eigenvalue weighted by molar-refractivity contribution is 0.111. The van der Waals surface area contributed by atoms with Gasteiger partial charge in [-0.2, -0.15) is 0 Å². The van der Waals surface area contributed by atoms with Crippen molar-refractivity contribution in [1.29, 1.82) is 0 Å². The van der Waals surface area contributed by atoms with Crippen LogP contribution in [0.25, 0.3) is 0 Å². The Balaban J connectivity index is 2.62. The van der Waals surface area contributed by atoms with Crippen molar-refractivity contribution >= 4 is 6.29 Å². The molecule has 4 heteroatoms. The number of carbonyl (C=O) groups excluding carboxylic acids is 1. The molecule has 0 radical (unpaired) electrons. The van der Waals surface area contributed by atoms with Crippen LogP contribution in [0, 0.1) is 0 Å². The molecule has 0 aliphatic rings. The lowest BCUT2D eigenvalue weighted by Crippen LogP contribution is -2.03. The van der Waals surface area contributed by atoms with Crippen LogP contribution in [0.2, 0.25) is 0 Å². The molecule has 0 amide bonds. The highest BCUT2D eigenvalue weighted by atomic mass is 16.5. The van der Waals surface area contributed by atoms with Gasteiger partial charge in [0.2, 0.25) is 0 Å². The Kier molecular flexibility index (Phi) is 6.87. The average molecular weight is 252 g/mol. The van der Waals surface area contributed by atoms with Crippen molar-refractivity contribution in [3.05, 3.63) is 23.8 Å². The maximum atomic E-state index is 11.0. The molecule has 0 saturated carbocycles. The highest BCUT2D eigenvalue weighted by Crippen LogP contribution is 2.30. The van der Waals surface area contributed by atoms with Crippen molar-refractivity contribution in [2.75, 3.05) is 19.8 Å². The standard InChI is InChI=1S/C14H20O4/c1-2-17-13-8-6-7-12(11-16)14(13)18-10-5-3-4-9-15/h6-8,11,15H,2-5,9-10H2,1H3. The zero-order valence-corrected chi connectivity index (χ0v) is 10.7. The van der Waals surface area contributed by atoms with Gasteiger partial charge in [0.05, 0.1) is 18.8 Å². The van der Waals surface area contributed by atoms with Crippen molar-refractivity contribution < 1.29 is 19.4 Å². The van der Waals surface area contributed by atoms with E-state index in [1.807, 2.05) is 6.92 Å². The third kappa shape index (κ3) is 4.37. The largest absolute Gasteiger partial charge is 0.490 e. The number of ether oxygens (including phenoxy) is 2. The summed E-state index contributed by atoms with van der Waals surface area (Å²) in [7, 11) is 0. The topological polar surface area (TPSA) is 55.8 Å². The van der Waals surface area contributed by atoms with E-state index in [-0.39, 0.29) is 6.61 Å². The van der Waals surface area contributed by atoms with E-state index in [4.69, 9.17) is 14.6 Å². The summed E-state index contributed by atoms with van der Waals surface area (Å²) < 4.78 is 11.1. The van der Waals surface area contributed by atoms with Gasteiger partial charge in [-0.25, -0.2) is 0 Å². The summed E-state index contributed by atoms with van der Waals surface area (Å²) in [6, 6.07) is 5.27. The number of aliphatic hydroxyl groups is 1. The van der Waals surface area contributed by atoms with E-state index >= 15 is 0 Å². The van der Waals surface area contributed by atoms with E-state index in [9.17, 15) is 4.79 Å². The highest BCUT2D eigenvalue weighted by Gasteiger charge is 2.10. The Hall–Kier alpha value is -1.55. The number of benzene rings is 1. The second-order valence-electron chi connectivity index (χ2n) is 3.86. The molecular weight excluding hydrogens is 232 g/mol. The number of carbonyl (C=O) groups is 1. The predicted octanol–water partition coefficient (Wildman–Crippen LogP) is 2.44. The average Bonchev–Trinajstić information content (AvgIpc) is 2.40. The molecular formula is C14H20O4. The molecule has 0 heterocycles. The van der Waals surface area contributed by atoms with Gasteiger partial charge in [0.1, 0.15) is 0 Å². The molecule has 0 fully saturated rings. The van der Waals surface area contributed by atoms with Crippen molar-refractivity contribution in [2.45, 2.75) is 26.2 Å². The molecule has 0 saturated heterocycles. The van der Waals surface area contributed by atoms with E-state index in [1.165, 1.54) is 0 Å². The molecule has 1 rings (SSSR count). The maximum absolute atomic E-state index is 11.0. The predicted molar refractivity (Wildman–Crippen MR) is 69.4 cm³/mol. The summed E-state index contributed by atoms with van der Waals surface area (Å²) in [6.07, 6.45) is 3.30. The van der Waals surface area contributed by atoms with Gasteiger partial charge in [-0.15, -0.1) is 0 Å². The first kappa shape index (κ1) is 14.5. The molecule has 4 nitrogen and oxygen atoms in total. The molecule has 1 aromatic carbocycles. The van der Waals surface area contributed by atoms with Crippen LogP contribution in [-0.4, -0.2) is 31.2 Å². The van der Waals surface area contributed by atoms with E-state index in [0.29, 0.717) is 30.3 Å². The number of rotatable bonds is 9. The summed E-state index contributed by atoms with van der Waals surface area (Å²) in [5, 5.41) is 8.67. The Morgan fingerprint density at radius 2 is 2.06 bits per heavy atom. The third-order valence-electron chi connectivity index (χ3n) is 2.49. The van der Waals surface area contributed by atoms with Gasteiger partial charge in [-0.3, -0.25) is 4.79 Å². The first-order valence-corrected chi connectivity index (χ1v) is 6.28. The van der Waals surface area contributed by atoms with Gasteiger partial charge in [0.15, 0.2) is 17.8 Å². The van der Waals surface area contributed by atoms with E-state index in [1.54, 1.807) is 18.2 Å². The molecule has 0 aliphatic heterocycles. The van der Waals surface area contributed by atoms with E-state index in [2.05, 4.69) is 0 Å². The summed E-state index contributed by atoms with van der Waals surface area (Å²) in [5.41, 5.74) is 0.503. The van der Waals surface area contributed by atoms with Crippen LogP contribution < -0.4 is 9.47 Å². The fraction of sp³-hybridized carbons (Fsp3) is 0.500. The van der Waals surface area contributed by atoms with E-state index in [0.717, 1.165) is 25.5 Å². The van der Waals surface area contributed by atoms with Crippen LogP contribution in [0.1, 0.15) is 36.5 Å². The first-order valence-electron chi connectivity index (χ1n) is 6.28. The minimum Gasteiger partial charge on any atom is -0.490 e. The number of aldehydes is 1. The van der Waals surface area contributed by atoms with Crippen molar-refractivity contribution in [1.82, 2.24) is 0 Å². The van der Waals surface area contributed by atoms with Crippen LogP contribution >= 0.6 is 0 Å². The number of hydrogen-bond donors (Lipinski definition) is 1. The Labute approximate surface area is 108 Å². The minimum absolute atomic E-state index is 0.203. The van der Waals surface area contributed by atoms with E-state index < -0.39 is 0 Å². The second kappa shape index (κ2) is 8.53. The lowest BCUT2D eigenvalue weighted by atomic mass is 10.2. The Morgan fingerprint density at radius 1 is 1.22 bits per heavy atom. The van der Waals surface area contributed by atoms with Crippen LogP contribution in [0.4, 0.5) is 0 Å². The highest BCUT2D eigenvalue weighted by molar-refractivity contribution is 5.81. The number of aliphatic hydroxyl groups excluding tert-OH is 1. The molecule has 0 atom stereocenters. The van der Waals surface area contributed by atoms with Gasteiger partial charge in [0, 0.05) is 6.61 Å². The van der Waals surface area contributed by atoms with Crippen LogP contribution in [0.5, 0.6) is 11.5 Å². The van der Waals surface area contributed by atoms with Gasteiger partial charge in [0.25, 0.3) is 0 Å². The minimum atomic E-state index is 0.203. The molecule has 1 N–H and O–H groups in total. The van der Waals surface area contributed by atoms with Gasteiger partial charge in [-0.05, 0) is 38.3 Å². The molecule has 0 aliphatic carbocycles. The molecule has 0 unspecified atom stereocenters. The summed E-state index contributed by atoms with van der Waals surface area (Å²) in [6.45, 7) is 3.14. The number of para-hydroxylation sites is 1. The van der Waals surface area contributed by atoms with Crippen LogP contribution in [-0.2, 0) is 0 Å². The van der Waals surface area contributed by atoms with Crippen LogP contribution in [0.3, 0.4) is 0 Å². The zero-order valence-electron chi connectivity index (χ0n) is 10.7. The normalized spacial score (nSPS) is 10.1. The quantitative estimate of drug-likeness (QED) is 0.541. The van der Waals surface area contributed by atoms with Gasteiger partial charge in [-0.1, -0.05) is 6.07 Å². The van der Waals surface area contributed by atoms with Gasteiger partial charge < -0.3 is 14.6 Å². The zero-order chi connectivity index (χ0) is 13.2. The molecule has 0 spiro atoms. The monoisotopic (exact) mass is 252 g/mol. The Morgan fingerprint density at radius 3 is 2.72 bits per heavy atom. The first-order chi connectivity index (χ1) is 8.83. The smallest absolute Gasteiger partial charge is 0.171 e. The summed E-state index contributed by atoms with van der Waals surface area (Å²) >= 11 is 0. The fourth-order valence-corrected chi connectivity index (χ4v) is 1.61. The van der Waals surface area contributed by atoms with Crippen molar-refractivity contribution in [3.8, 4) is 11.5 Å². The number of hydrogen-bond acceptors (Lipinski definition) is 4. The van der Waals surface area contributed by atoms with Crippen molar-refractivity contribution in [3.63, 3.8) is 0 Å².